The van der Waals surface area contributed by atoms with Crippen LogP contribution in [0.2, 0.25) is 0 Å². The zero-order valence-electron chi connectivity index (χ0n) is 29.6. The topological polar surface area (TPSA) is 33.2 Å². The standard InChI is InChI=1S/C43H41N3O2P2/c1-27-20-22-40(47-49-44-24-29(3)34-14-8-11-17-37(34)44)42(32(27)6)43-33(7)28(2)21-23-41(43)48-50(45-25-30(4)35-15-9-12-18-38(35)45)46-26-31(5)36-16-10-13-19-39(36)46/h8-26,49H,1-7H3. The summed E-state index contributed by atoms with van der Waals surface area (Å²) in [6.45, 7) is 15.3. The van der Waals surface area contributed by atoms with Crippen molar-refractivity contribution in [3.8, 4) is 22.6 Å². The molecule has 50 heavy (non-hydrogen) atoms. The number of nitrogens with zero attached hydrogens (tertiary/aromatic N) is 3. The molecule has 0 spiro atoms. The molecule has 0 fully saturated rings. The van der Waals surface area contributed by atoms with Crippen molar-refractivity contribution in [1.82, 2.24) is 13.0 Å². The molecular formula is C43H41N3O2P2. The van der Waals surface area contributed by atoms with Crippen molar-refractivity contribution in [2.24, 2.45) is 0 Å². The van der Waals surface area contributed by atoms with Crippen molar-refractivity contribution in [2.45, 2.75) is 48.5 Å². The van der Waals surface area contributed by atoms with Crippen molar-refractivity contribution in [3.05, 3.63) is 155 Å². The highest BCUT2D eigenvalue weighted by Crippen LogP contribution is 2.52. The second-order valence-electron chi connectivity index (χ2n) is 13.3. The average molecular weight is 694 g/mol. The highest BCUT2D eigenvalue weighted by Gasteiger charge is 2.27. The average Bonchev–Trinajstić information content (AvgIpc) is 3.76. The summed E-state index contributed by atoms with van der Waals surface area (Å²) in [7, 11) is -1.32. The molecule has 1 atom stereocenters. The molecule has 3 heterocycles. The summed E-state index contributed by atoms with van der Waals surface area (Å²) in [6.07, 6.45) is 6.69. The summed E-state index contributed by atoms with van der Waals surface area (Å²) < 4.78 is 21.2. The van der Waals surface area contributed by atoms with Gasteiger partial charge in [0.15, 0.2) is 8.96 Å². The van der Waals surface area contributed by atoms with Gasteiger partial charge < -0.3 is 9.05 Å². The molecule has 0 aliphatic rings. The van der Waals surface area contributed by atoms with Gasteiger partial charge in [0.1, 0.15) is 11.5 Å². The molecule has 5 aromatic carbocycles. The van der Waals surface area contributed by atoms with Gasteiger partial charge in [-0.15, -0.1) is 0 Å². The van der Waals surface area contributed by atoms with Crippen LogP contribution < -0.4 is 9.05 Å². The maximum atomic E-state index is 7.46. The third-order valence-corrected chi connectivity index (χ3v) is 12.8. The first-order valence-corrected chi connectivity index (χ1v) is 19.1. The minimum absolute atomic E-state index is 0.0879. The second kappa shape index (κ2) is 12.8. The van der Waals surface area contributed by atoms with Gasteiger partial charge >= 0.3 is 8.45 Å². The molecule has 0 saturated heterocycles. The van der Waals surface area contributed by atoms with Crippen LogP contribution in [0.25, 0.3) is 43.8 Å². The van der Waals surface area contributed by atoms with Crippen LogP contribution in [0.4, 0.5) is 0 Å². The third-order valence-electron chi connectivity index (χ3n) is 10.1. The summed E-state index contributed by atoms with van der Waals surface area (Å²) in [5.41, 5.74) is 14.1. The Hall–Kier alpha value is -4.82. The lowest BCUT2D eigenvalue weighted by atomic mass is 9.90. The summed E-state index contributed by atoms with van der Waals surface area (Å²) >= 11 is 0. The van der Waals surface area contributed by atoms with Crippen LogP contribution in [0.1, 0.15) is 38.9 Å². The number of para-hydroxylation sites is 3. The first-order chi connectivity index (χ1) is 24.2. The van der Waals surface area contributed by atoms with Gasteiger partial charge in [-0.2, -0.15) is 0 Å². The Bertz CT molecular complexity index is 2490. The Morgan fingerprint density at radius 2 is 0.900 bits per heavy atom. The molecule has 250 valence electrons. The zero-order chi connectivity index (χ0) is 34.7. The van der Waals surface area contributed by atoms with Gasteiger partial charge in [-0.3, -0.25) is 13.0 Å². The largest absolute Gasteiger partial charge is 0.455 e. The van der Waals surface area contributed by atoms with Crippen LogP contribution in [-0.4, -0.2) is 13.0 Å². The highest BCUT2D eigenvalue weighted by molar-refractivity contribution is 7.50. The lowest BCUT2D eigenvalue weighted by Crippen LogP contribution is -2.07. The Kier molecular flexibility index (Phi) is 8.30. The number of aryl methyl sites for hydroxylation is 5. The van der Waals surface area contributed by atoms with E-state index in [9.17, 15) is 0 Å². The normalized spacial score (nSPS) is 12.0. The summed E-state index contributed by atoms with van der Waals surface area (Å²) in [6, 6.07) is 34.4. The van der Waals surface area contributed by atoms with E-state index in [1.54, 1.807) is 0 Å². The molecule has 7 heteroatoms. The fourth-order valence-corrected chi connectivity index (χ4v) is 9.99. The predicted octanol–water partition coefficient (Wildman–Crippen LogP) is 12.5. The van der Waals surface area contributed by atoms with Gasteiger partial charge in [0.05, 0.1) is 16.6 Å². The molecule has 0 saturated carbocycles. The molecule has 5 nitrogen and oxygen atoms in total. The van der Waals surface area contributed by atoms with E-state index in [0.29, 0.717) is 0 Å². The van der Waals surface area contributed by atoms with Crippen LogP contribution in [-0.2, 0) is 0 Å². The van der Waals surface area contributed by atoms with E-state index in [-0.39, 0.29) is 8.96 Å². The Balaban J connectivity index is 1.30. The van der Waals surface area contributed by atoms with E-state index in [2.05, 4.69) is 177 Å². The van der Waals surface area contributed by atoms with Crippen LogP contribution in [0, 0.1) is 48.5 Å². The number of hydrogen-bond donors (Lipinski definition) is 0. The second-order valence-corrected chi connectivity index (χ2v) is 15.8. The van der Waals surface area contributed by atoms with E-state index in [1.807, 2.05) is 0 Å². The van der Waals surface area contributed by atoms with Crippen LogP contribution >= 0.6 is 17.4 Å². The van der Waals surface area contributed by atoms with Crippen LogP contribution in [0.3, 0.4) is 0 Å². The molecule has 0 aliphatic heterocycles. The number of hydrogen-bond acceptors (Lipinski definition) is 2. The number of fused-ring (bicyclic) bond motifs is 3. The van der Waals surface area contributed by atoms with Crippen molar-refractivity contribution in [3.63, 3.8) is 0 Å². The highest BCUT2D eigenvalue weighted by atomic mass is 31.2. The first-order valence-electron chi connectivity index (χ1n) is 17.0. The molecule has 0 bridgehead atoms. The fourth-order valence-electron chi connectivity index (χ4n) is 7.11. The molecular weight excluding hydrogens is 652 g/mol. The summed E-state index contributed by atoms with van der Waals surface area (Å²) in [4.78, 5) is 0. The smallest absolute Gasteiger partial charge is 0.318 e. The van der Waals surface area contributed by atoms with E-state index < -0.39 is 8.45 Å². The summed E-state index contributed by atoms with van der Waals surface area (Å²) in [5.74, 6) is 1.70. The molecule has 8 rings (SSSR count). The number of rotatable bonds is 8. The molecule has 8 aromatic rings. The minimum atomic E-state index is -1.41. The molecule has 3 aromatic heterocycles. The number of aromatic nitrogens is 3. The Labute approximate surface area is 297 Å². The van der Waals surface area contributed by atoms with E-state index in [0.717, 1.165) is 33.7 Å². The maximum Gasteiger partial charge on any atom is 0.318 e. The lowest BCUT2D eigenvalue weighted by molar-refractivity contribution is 0.594. The fraction of sp³-hybridized carbons (Fsp3) is 0.163. The minimum Gasteiger partial charge on any atom is -0.455 e. The Morgan fingerprint density at radius 3 is 1.46 bits per heavy atom. The van der Waals surface area contributed by atoms with Crippen LogP contribution in [0.15, 0.2) is 116 Å². The predicted molar refractivity (Wildman–Crippen MR) is 214 cm³/mol. The zero-order valence-corrected chi connectivity index (χ0v) is 31.5. The van der Waals surface area contributed by atoms with Gasteiger partial charge in [0.25, 0.3) is 0 Å². The summed E-state index contributed by atoms with van der Waals surface area (Å²) in [5, 5.41) is 3.72. The van der Waals surface area contributed by atoms with E-state index in [1.165, 1.54) is 60.6 Å². The van der Waals surface area contributed by atoms with E-state index in [4.69, 9.17) is 9.05 Å². The van der Waals surface area contributed by atoms with Crippen molar-refractivity contribution in [2.75, 3.05) is 0 Å². The van der Waals surface area contributed by atoms with Gasteiger partial charge in [-0.1, -0.05) is 66.7 Å². The van der Waals surface area contributed by atoms with Gasteiger partial charge in [-0.25, -0.2) is 0 Å². The first kappa shape index (κ1) is 32.4. The molecule has 0 amide bonds. The van der Waals surface area contributed by atoms with Crippen molar-refractivity contribution in [1.29, 1.82) is 0 Å². The maximum absolute atomic E-state index is 7.46. The Morgan fingerprint density at radius 1 is 0.460 bits per heavy atom. The third kappa shape index (κ3) is 5.41. The quantitative estimate of drug-likeness (QED) is 0.148. The van der Waals surface area contributed by atoms with Gasteiger partial charge in [-0.05, 0) is 118 Å². The molecule has 0 aliphatic carbocycles. The SMILES string of the molecule is Cc1ccc(OPn2cc(C)c3ccccc32)c(-c2c(OP(n3cc(C)c4ccccc43)n3cc(C)c4ccccc43)ccc(C)c2C)c1C. The molecule has 0 radical (unpaired) electrons. The monoisotopic (exact) mass is 693 g/mol. The lowest BCUT2D eigenvalue weighted by Gasteiger charge is -2.26. The van der Waals surface area contributed by atoms with Crippen LogP contribution in [0.5, 0.6) is 11.5 Å². The number of benzene rings is 5. The van der Waals surface area contributed by atoms with Crippen molar-refractivity contribution < 1.29 is 9.05 Å². The van der Waals surface area contributed by atoms with Crippen molar-refractivity contribution >= 4 is 50.1 Å². The van der Waals surface area contributed by atoms with E-state index >= 15 is 0 Å². The molecule has 1 unspecified atom stereocenters. The van der Waals surface area contributed by atoms with Gasteiger partial charge in [0.2, 0.25) is 0 Å². The van der Waals surface area contributed by atoms with Gasteiger partial charge in [0, 0.05) is 45.9 Å². The molecule has 0 N–H and O–H groups in total.